The molecule has 1 unspecified atom stereocenters. The van der Waals surface area contributed by atoms with Gasteiger partial charge in [0, 0.05) is 12.3 Å². The zero-order valence-corrected chi connectivity index (χ0v) is 15.5. The lowest BCUT2D eigenvalue weighted by molar-refractivity contribution is -0.121. The molecule has 0 saturated carbocycles. The molecule has 131 valence electrons. The fraction of sp³-hybridized carbons (Fsp3) is 0.905. The summed E-state index contributed by atoms with van der Waals surface area (Å²) < 4.78 is 0. The topological polar surface area (TPSA) is 17.1 Å². The highest BCUT2D eigenvalue weighted by atomic mass is 16.1. The van der Waals surface area contributed by atoms with Crippen molar-refractivity contribution in [2.45, 2.75) is 117 Å². The second-order valence-electron chi connectivity index (χ2n) is 7.07. The number of carbonyl (C=O) groups excluding carboxylic acids is 1. The van der Waals surface area contributed by atoms with Gasteiger partial charge in [0.15, 0.2) is 0 Å². The summed E-state index contributed by atoms with van der Waals surface area (Å²) >= 11 is 0. The second kappa shape index (κ2) is 17.0. The Bertz CT molecular complexity index is 232. The quantitative estimate of drug-likeness (QED) is 0.258. The van der Waals surface area contributed by atoms with Crippen LogP contribution in [-0.4, -0.2) is 5.78 Å². The van der Waals surface area contributed by atoms with Crippen molar-refractivity contribution in [2.75, 3.05) is 0 Å². The van der Waals surface area contributed by atoms with Gasteiger partial charge in [-0.2, -0.15) is 0 Å². The van der Waals surface area contributed by atoms with Crippen molar-refractivity contribution in [1.29, 1.82) is 0 Å². The Morgan fingerprint density at radius 3 is 1.32 bits per heavy atom. The van der Waals surface area contributed by atoms with Gasteiger partial charge in [0.05, 0.1) is 0 Å². The lowest BCUT2D eigenvalue weighted by Crippen LogP contribution is -2.06. The van der Waals surface area contributed by atoms with Gasteiger partial charge >= 0.3 is 0 Å². The predicted octanol–water partition coefficient (Wildman–Crippen LogP) is 7.29. The Labute approximate surface area is 140 Å². The van der Waals surface area contributed by atoms with Crippen LogP contribution in [0.1, 0.15) is 117 Å². The van der Waals surface area contributed by atoms with E-state index < -0.39 is 0 Å². The Morgan fingerprint density at radius 1 is 0.682 bits per heavy atom. The highest BCUT2D eigenvalue weighted by Gasteiger charge is 2.05. The number of rotatable bonds is 17. The number of hydrogen-bond acceptors (Lipinski definition) is 1. The number of carbonyl (C=O) groups is 1. The summed E-state index contributed by atoms with van der Waals surface area (Å²) in [6, 6.07) is 0. The third-order valence-corrected chi connectivity index (χ3v) is 4.58. The Morgan fingerprint density at radius 2 is 1.00 bits per heavy atom. The molecule has 0 saturated heterocycles. The molecule has 0 bridgehead atoms. The van der Waals surface area contributed by atoms with Crippen molar-refractivity contribution in [1.82, 2.24) is 0 Å². The van der Waals surface area contributed by atoms with E-state index in [9.17, 15) is 4.79 Å². The summed E-state index contributed by atoms with van der Waals surface area (Å²) in [5, 5.41) is 0. The molecule has 1 heteroatoms. The van der Waals surface area contributed by atoms with Gasteiger partial charge in [0.25, 0.3) is 0 Å². The molecule has 0 N–H and O–H groups in total. The molecule has 0 aliphatic rings. The summed E-state index contributed by atoms with van der Waals surface area (Å²) in [4.78, 5) is 11.4. The van der Waals surface area contributed by atoms with Gasteiger partial charge in [0.2, 0.25) is 0 Å². The van der Waals surface area contributed by atoms with Crippen LogP contribution in [0, 0.1) is 12.8 Å². The molecule has 22 heavy (non-hydrogen) atoms. The zero-order chi connectivity index (χ0) is 16.5. The van der Waals surface area contributed by atoms with Crippen LogP contribution in [0.25, 0.3) is 0 Å². The number of unbranched alkanes of at least 4 members (excludes halogenated alkanes) is 14. The van der Waals surface area contributed by atoms with Gasteiger partial charge in [-0.25, -0.2) is 0 Å². The van der Waals surface area contributed by atoms with E-state index in [1.807, 2.05) is 6.92 Å². The molecule has 1 atom stereocenters. The summed E-state index contributed by atoms with van der Waals surface area (Å²) in [5.41, 5.74) is 0. The fourth-order valence-electron chi connectivity index (χ4n) is 2.92. The van der Waals surface area contributed by atoms with E-state index in [-0.39, 0.29) is 5.92 Å². The van der Waals surface area contributed by atoms with Crippen molar-refractivity contribution >= 4 is 5.78 Å². The average molecular weight is 310 g/mol. The highest BCUT2D eigenvalue weighted by molar-refractivity contribution is 5.81. The van der Waals surface area contributed by atoms with Crippen LogP contribution in [-0.2, 0) is 4.79 Å². The molecule has 1 nitrogen and oxygen atoms in total. The number of hydrogen-bond donors (Lipinski definition) is 0. The first kappa shape index (κ1) is 21.7. The van der Waals surface area contributed by atoms with E-state index in [1.165, 1.54) is 89.9 Å². The van der Waals surface area contributed by atoms with E-state index >= 15 is 0 Å². The molecule has 0 rings (SSSR count). The molecular weight excluding hydrogens is 268 g/mol. The Hall–Kier alpha value is -0.330. The van der Waals surface area contributed by atoms with Crippen LogP contribution in [0.4, 0.5) is 0 Å². The van der Waals surface area contributed by atoms with E-state index in [0.29, 0.717) is 5.78 Å². The van der Waals surface area contributed by atoms with E-state index in [1.54, 1.807) is 0 Å². The molecule has 0 fully saturated rings. The maximum absolute atomic E-state index is 11.4. The molecule has 0 aromatic carbocycles. The van der Waals surface area contributed by atoms with Crippen LogP contribution in [0.15, 0.2) is 0 Å². The van der Waals surface area contributed by atoms with Gasteiger partial charge in [-0.3, -0.25) is 4.79 Å². The van der Waals surface area contributed by atoms with Gasteiger partial charge in [0.1, 0.15) is 5.78 Å². The van der Waals surface area contributed by atoms with Crippen molar-refractivity contribution in [3.63, 3.8) is 0 Å². The minimum absolute atomic E-state index is 0.0216. The van der Waals surface area contributed by atoms with Gasteiger partial charge in [-0.1, -0.05) is 104 Å². The van der Waals surface area contributed by atoms with Crippen molar-refractivity contribution < 1.29 is 4.79 Å². The summed E-state index contributed by atoms with van der Waals surface area (Å²) in [6.07, 6.45) is 21.3. The molecule has 1 radical (unpaired) electrons. The lowest BCUT2D eigenvalue weighted by Gasteiger charge is -2.04. The average Bonchev–Trinajstić information content (AvgIpc) is 2.50. The molecule has 0 aromatic rings. The minimum Gasteiger partial charge on any atom is -0.299 e. The SMILES string of the molecule is [CH2]C(C)C(=O)CCCCCCCCCCCCCCCCC. The van der Waals surface area contributed by atoms with E-state index in [0.717, 1.165) is 12.8 Å². The lowest BCUT2D eigenvalue weighted by atomic mass is 10.0. The third kappa shape index (κ3) is 16.0. The van der Waals surface area contributed by atoms with Crippen molar-refractivity contribution in [3.8, 4) is 0 Å². The molecule has 0 amide bonds. The first-order chi connectivity index (χ1) is 10.7. The van der Waals surface area contributed by atoms with Crippen LogP contribution >= 0.6 is 0 Å². The monoisotopic (exact) mass is 309 g/mol. The molecule has 0 spiro atoms. The fourth-order valence-corrected chi connectivity index (χ4v) is 2.92. The van der Waals surface area contributed by atoms with Crippen LogP contribution in [0.5, 0.6) is 0 Å². The Kier molecular flexibility index (Phi) is 16.8. The van der Waals surface area contributed by atoms with Gasteiger partial charge in [-0.05, 0) is 13.3 Å². The number of Topliss-reactive ketones (excluding diaryl/α,β-unsaturated/α-hetero) is 1. The molecule has 0 heterocycles. The Balaban J connectivity index is 3.04. The minimum atomic E-state index is -0.0216. The molecule has 0 aliphatic heterocycles. The number of ketones is 1. The normalized spacial score (nSPS) is 11.3. The van der Waals surface area contributed by atoms with Gasteiger partial charge < -0.3 is 0 Å². The zero-order valence-electron chi connectivity index (χ0n) is 15.5. The smallest absolute Gasteiger partial charge is 0.135 e. The van der Waals surface area contributed by atoms with Gasteiger partial charge in [-0.15, -0.1) is 0 Å². The summed E-state index contributed by atoms with van der Waals surface area (Å²) in [5.74, 6) is 0.307. The second-order valence-corrected chi connectivity index (χ2v) is 7.07. The first-order valence-electron chi connectivity index (χ1n) is 10.0. The molecule has 0 aromatic heterocycles. The maximum atomic E-state index is 11.4. The van der Waals surface area contributed by atoms with Crippen molar-refractivity contribution in [2.24, 2.45) is 5.92 Å². The van der Waals surface area contributed by atoms with Crippen LogP contribution in [0.2, 0.25) is 0 Å². The highest BCUT2D eigenvalue weighted by Crippen LogP contribution is 2.14. The van der Waals surface area contributed by atoms with Crippen LogP contribution in [0.3, 0.4) is 0 Å². The first-order valence-corrected chi connectivity index (χ1v) is 10.0. The standard InChI is InChI=1S/C21H41O/c1-4-5-6-7-8-9-10-11-12-13-14-15-16-17-18-19-21(22)20(2)3/h20H,2,4-19H2,1,3H3. The largest absolute Gasteiger partial charge is 0.299 e. The van der Waals surface area contributed by atoms with Crippen LogP contribution < -0.4 is 0 Å². The maximum Gasteiger partial charge on any atom is 0.135 e. The molecule has 0 aliphatic carbocycles. The summed E-state index contributed by atoms with van der Waals surface area (Å²) in [7, 11) is 0. The van der Waals surface area contributed by atoms with Crippen molar-refractivity contribution in [3.05, 3.63) is 6.92 Å². The molecular formula is C21H41O. The summed E-state index contributed by atoms with van der Waals surface area (Å²) in [6.45, 7) is 7.95. The third-order valence-electron chi connectivity index (χ3n) is 4.58. The van der Waals surface area contributed by atoms with E-state index in [4.69, 9.17) is 0 Å². The predicted molar refractivity (Wildman–Crippen MR) is 99.1 cm³/mol. The van der Waals surface area contributed by atoms with E-state index in [2.05, 4.69) is 13.8 Å².